The zero-order chi connectivity index (χ0) is 18.6. The van der Waals surface area contributed by atoms with Crippen molar-refractivity contribution in [3.8, 4) is 5.13 Å². The molecule has 3 aromatic rings. The fourth-order valence-corrected chi connectivity index (χ4v) is 4.58. The fourth-order valence-electron chi connectivity index (χ4n) is 3.40. The smallest absolute Gasteiger partial charge is 0.193 e. The van der Waals surface area contributed by atoms with Gasteiger partial charge in [0.05, 0.1) is 19.2 Å². The van der Waals surface area contributed by atoms with Crippen LogP contribution in [-0.4, -0.2) is 55.2 Å². The highest BCUT2D eigenvalue weighted by atomic mass is 32.2. The molecule has 0 bridgehead atoms. The van der Waals surface area contributed by atoms with Gasteiger partial charge in [-0.3, -0.25) is 9.47 Å². The van der Waals surface area contributed by atoms with Gasteiger partial charge in [0.15, 0.2) is 10.3 Å². The summed E-state index contributed by atoms with van der Waals surface area (Å²) in [6, 6.07) is 4.21. The van der Waals surface area contributed by atoms with Crippen molar-refractivity contribution in [1.82, 2.24) is 29.2 Å². The molecule has 0 unspecified atom stereocenters. The number of thiazole rings is 1. The average molecular weight is 405 g/mol. The summed E-state index contributed by atoms with van der Waals surface area (Å²) in [4.78, 5) is 6.68. The maximum Gasteiger partial charge on any atom is 0.193 e. The number of hydrogen-bond donors (Lipinski definition) is 0. The van der Waals surface area contributed by atoms with E-state index in [9.17, 15) is 0 Å². The van der Waals surface area contributed by atoms with E-state index in [-0.39, 0.29) is 6.10 Å². The summed E-state index contributed by atoms with van der Waals surface area (Å²) in [6.07, 6.45) is 8.48. The maximum atomic E-state index is 5.82. The number of rotatable bonds is 8. The largest absolute Gasteiger partial charge is 0.376 e. The lowest BCUT2D eigenvalue weighted by Crippen LogP contribution is -2.24. The minimum atomic E-state index is 0.276. The molecule has 4 heterocycles. The van der Waals surface area contributed by atoms with Gasteiger partial charge in [-0.2, -0.15) is 0 Å². The normalized spacial score (nSPS) is 17.2. The van der Waals surface area contributed by atoms with E-state index in [1.54, 1.807) is 23.1 Å². The Morgan fingerprint density at radius 3 is 3.04 bits per heavy atom. The second-order valence-corrected chi connectivity index (χ2v) is 8.35. The molecule has 1 aliphatic heterocycles. The Morgan fingerprint density at radius 1 is 1.37 bits per heavy atom. The van der Waals surface area contributed by atoms with Crippen molar-refractivity contribution < 1.29 is 4.74 Å². The molecule has 0 saturated carbocycles. The van der Waals surface area contributed by atoms with Gasteiger partial charge in [-0.15, -0.1) is 21.5 Å². The lowest BCUT2D eigenvalue weighted by Gasteiger charge is -2.19. The number of thioether (sulfide) groups is 1. The predicted octanol–water partition coefficient (Wildman–Crippen LogP) is 3.06. The van der Waals surface area contributed by atoms with Gasteiger partial charge in [0.25, 0.3) is 0 Å². The van der Waals surface area contributed by atoms with Crippen LogP contribution in [0, 0.1) is 0 Å². The summed E-state index contributed by atoms with van der Waals surface area (Å²) in [5.74, 6) is 0.990. The highest BCUT2D eigenvalue weighted by molar-refractivity contribution is 7.98. The quantitative estimate of drug-likeness (QED) is 0.538. The van der Waals surface area contributed by atoms with Crippen molar-refractivity contribution in [2.45, 2.75) is 43.7 Å². The minimum Gasteiger partial charge on any atom is -0.376 e. The summed E-state index contributed by atoms with van der Waals surface area (Å²) in [6.45, 7) is 3.25. The van der Waals surface area contributed by atoms with Crippen molar-refractivity contribution in [1.29, 1.82) is 0 Å². The lowest BCUT2D eigenvalue weighted by molar-refractivity contribution is 0.0934. The molecule has 7 nitrogen and oxygen atoms in total. The summed E-state index contributed by atoms with van der Waals surface area (Å²) in [7, 11) is 2.11. The molecule has 1 saturated heterocycles. The molecule has 144 valence electrons. The molecule has 0 amide bonds. The number of hydrogen-bond acceptors (Lipinski definition) is 7. The SMILES string of the molecule is CSc1nnc(CN(C)Cc2cccn2-c2nccs2)n1C[C@@H]1CCCO1. The highest BCUT2D eigenvalue weighted by Crippen LogP contribution is 2.21. The van der Waals surface area contributed by atoms with Crippen LogP contribution in [0.25, 0.3) is 5.13 Å². The topological polar surface area (TPSA) is 61.0 Å². The summed E-state index contributed by atoms with van der Waals surface area (Å²) in [5, 5.41) is 12.8. The molecule has 27 heavy (non-hydrogen) atoms. The molecule has 1 fully saturated rings. The number of nitrogens with zero attached hydrogens (tertiary/aromatic N) is 6. The van der Waals surface area contributed by atoms with Crippen LogP contribution in [0.1, 0.15) is 24.4 Å². The first-order valence-electron chi connectivity index (χ1n) is 9.07. The van der Waals surface area contributed by atoms with Gasteiger partial charge in [0, 0.05) is 36.6 Å². The Bertz CT molecular complexity index is 853. The maximum absolute atomic E-state index is 5.82. The first-order chi connectivity index (χ1) is 13.2. The van der Waals surface area contributed by atoms with Gasteiger partial charge in [-0.25, -0.2) is 4.98 Å². The van der Waals surface area contributed by atoms with E-state index in [0.717, 1.165) is 55.2 Å². The zero-order valence-corrected chi connectivity index (χ0v) is 17.2. The van der Waals surface area contributed by atoms with E-state index in [1.165, 1.54) is 5.69 Å². The summed E-state index contributed by atoms with van der Waals surface area (Å²) in [5.41, 5.74) is 1.21. The van der Waals surface area contributed by atoms with E-state index in [0.29, 0.717) is 0 Å². The molecular formula is C18H24N6OS2. The van der Waals surface area contributed by atoms with Crippen LogP contribution in [0.5, 0.6) is 0 Å². The lowest BCUT2D eigenvalue weighted by atomic mass is 10.2. The third-order valence-corrected chi connectivity index (χ3v) is 6.13. The van der Waals surface area contributed by atoms with Gasteiger partial charge in [-0.05, 0) is 38.3 Å². The summed E-state index contributed by atoms with van der Waals surface area (Å²) >= 11 is 3.28. The van der Waals surface area contributed by atoms with Crippen molar-refractivity contribution in [3.05, 3.63) is 41.4 Å². The second kappa shape index (κ2) is 8.55. The second-order valence-electron chi connectivity index (χ2n) is 6.71. The summed E-state index contributed by atoms with van der Waals surface area (Å²) < 4.78 is 10.2. The van der Waals surface area contributed by atoms with Crippen LogP contribution in [0.2, 0.25) is 0 Å². The Labute approximate surface area is 167 Å². The first kappa shape index (κ1) is 18.7. The van der Waals surface area contributed by atoms with E-state index < -0.39 is 0 Å². The van der Waals surface area contributed by atoms with Crippen molar-refractivity contribution >= 4 is 23.1 Å². The predicted molar refractivity (Wildman–Crippen MR) is 107 cm³/mol. The molecular weight excluding hydrogens is 380 g/mol. The van der Waals surface area contributed by atoms with E-state index in [2.05, 4.69) is 54.6 Å². The zero-order valence-electron chi connectivity index (χ0n) is 15.6. The monoisotopic (exact) mass is 404 g/mol. The van der Waals surface area contributed by atoms with Crippen molar-refractivity contribution in [2.75, 3.05) is 19.9 Å². The fraction of sp³-hybridized carbons (Fsp3) is 0.500. The Hall–Kier alpha value is -1.68. The molecule has 4 rings (SSSR count). The van der Waals surface area contributed by atoms with E-state index in [4.69, 9.17) is 4.74 Å². The van der Waals surface area contributed by atoms with Crippen molar-refractivity contribution in [3.63, 3.8) is 0 Å². The van der Waals surface area contributed by atoms with E-state index in [1.807, 2.05) is 17.8 Å². The molecule has 3 aromatic heterocycles. The van der Waals surface area contributed by atoms with Gasteiger partial charge < -0.3 is 9.30 Å². The molecule has 1 aliphatic rings. The van der Waals surface area contributed by atoms with Gasteiger partial charge in [0.2, 0.25) is 0 Å². The minimum absolute atomic E-state index is 0.276. The molecule has 0 aliphatic carbocycles. The molecule has 0 aromatic carbocycles. The van der Waals surface area contributed by atoms with Crippen molar-refractivity contribution in [2.24, 2.45) is 0 Å². The molecule has 0 N–H and O–H groups in total. The molecule has 9 heteroatoms. The van der Waals surface area contributed by atoms with Crippen LogP contribution >= 0.6 is 23.1 Å². The van der Waals surface area contributed by atoms with Crippen LogP contribution < -0.4 is 0 Å². The van der Waals surface area contributed by atoms with Gasteiger partial charge in [0.1, 0.15) is 5.82 Å². The van der Waals surface area contributed by atoms with Gasteiger partial charge >= 0.3 is 0 Å². The van der Waals surface area contributed by atoms with Crippen LogP contribution in [0.15, 0.2) is 35.1 Å². The van der Waals surface area contributed by atoms with Gasteiger partial charge in [-0.1, -0.05) is 11.8 Å². The molecule has 1 atom stereocenters. The van der Waals surface area contributed by atoms with E-state index >= 15 is 0 Å². The Kier molecular flexibility index (Phi) is 5.92. The van der Waals surface area contributed by atoms with Crippen LogP contribution in [-0.2, 0) is 24.4 Å². The highest BCUT2D eigenvalue weighted by Gasteiger charge is 2.21. The third-order valence-electron chi connectivity index (χ3n) is 4.69. The first-order valence-corrected chi connectivity index (χ1v) is 11.2. The Morgan fingerprint density at radius 2 is 2.30 bits per heavy atom. The molecule has 0 radical (unpaired) electrons. The molecule has 0 spiro atoms. The standard InChI is InChI=1S/C18H24N6OS2/c1-22(11-14-5-3-8-23(14)17-19-7-10-27-17)13-16-20-21-18(26-2)24(16)12-15-6-4-9-25-15/h3,5,7-8,10,15H,4,6,9,11-13H2,1-2H3/t15-/m0/s1. The average Bonchev–Trinajstić information content (AvgIpc) is 3.44. The van der Waals surface area contributed by atoms with Crippen LogP contribution in [0.3, 0.4) is 0 Å². The Balaban J connectivity index is 1.46. The number of ether oxygens (including phenoxy) is 1. The third kappa shape index (κ3) is 4.26. The number of aromatic nitrogens is 5. The van der Waals surface area contributed by atoms with Crippen LogP contribution in [0.4, 0.5) is 0 Å².